The fraction of sp³-hybridized carbons (Fsp3) is 0.120. The average molecular weight is 413 g/mol. The summed E-state index contributed by atoms with van der Waals surface area (Å²) in [5.41, 5.74) is 2.90. The van der Waals surface area contributed by atoms with Crippen LogP contribution in [0, 0.1) is 0 Å². The Balaban J connectivity index is 1.38. The van der Waals surface area contributed by atoms with Crippen molar-refractivity contribution in [1.29, 1.82) is 0 Å². The van der Waals surface area contributed by atoms with Gasteiger partial charge in [-0.1, -0.05) is 66.7 Å². The Morgan fingerprint density at radius 2 is 1.29 bits per heavy atom. The zero-order chi connectivity index (χ0) is 22.0. The molecule has 0 aromatic heterocycles. The molecule has 0 aliphatic carbocycles. The zero-order valence-corrected chi connectivity index (χ0v) is 16.8. The van der Waals surface area contributed by atoms with Crippen LogP contribution in [0.3, 0.4) is 0 Å². The van der Waals surface area contributed by atoms with Crippen LogP contribution in [0.2, 0.25) is 0 Å². The van der Waals surface area contributed by atoms with Crippen LogP contribution in [0.5, 0.6) is 0 Å². The van der Waals surface area contributed by atoms with Crippen LogP contribution in [-0.4, -0.2) is 41.1 Å². The third kappa shape index (κ3) is 3.88. The second-order valence-corrected chi connectivity index (χ2v) is 7.18. The van der Waals surface area contributed by atoms with Gasteiger partial charge in [0.15, 0.2) is 12.4 Å². The second-order valence-electron chi connectivity index (χ2n) is 7.18. The second kappa shape index (κ2) is 8.36. The van der Waals surface area contributed by atoms with Crippen LogP contribution in [0.15, 0.2) is 78.9 Å². The number of ketones is 1. The summed E-state index contributed by atoms with van der Waals surface area (Å²) in [7, 11) is 0. The van der Waals surface area contributed by atoms with Gasteiger partial charge >= 0.3 is 5.97 Å². The standard InChI is InChI=1S/C25H19NO5/c1-16(26-23(28)20-9-5-6-10-21(20)24(26)29)25(30)31-15-22(27)19-13-11-18(12-14-19)17-7-3-2-4-8-17/h2-14,16H,15H2,1H3. The van der Waals surface area contributed by atoms with Gasteiger partial charge in [0.2, 0.25) is 0 Å². The quantitative estimate of drug-likeness (QED) is 0.349. The maximum absolute atomic E-state index is 12.5. The third-order valence-corrected chi connectivity index (χ3v) is 5.21. The summed E-state index contributed by atoms with van der Waals surface area (Å²) in [5.74, 6) is -2.29. The summed E-state index contributed by atoms with van der Waals surface area (Å²) in [6.07, 6.45) is 0. The SMILES string of the molecule is CC(C(=O)OCC(=O)c1ccc(-c2ccccc2)cc1)N1C(=O)c2ccccc2C1=O. The van der Waals surface area contributed by atoms with Crippen LogP contribution in [-0.2, 0) is 9.53 Å². The van der Waals surface area contributed by atoms with Crippen molar-refractivity contribution in [3.63, 3.8) is 0 Å². The average Bonchev–Trinajstić information content (AvgIpc) is 3.07. The number of rotatable bonds is 6. The summed E-state index contributed by atoms with van der Waals surface area (Å²) in [6, 6.07) is 22.0. The number of nitrogens with zero attached hydrogens (tertiary/aromatic N) is 1. The first-order valence-electron chi connectivity index (χ1n) is 9.79. The van der Waals surface area contributed by atoms with E-state index in [2.05, 4.69) is 0 Å². The van der Waals surface area contributed by atoms with Crippen molar-refractivity contribution in [1.82, 2.24) is 4.90 Å². The van der Waals surface area contributed by atoms with Gasteiger partial charge in [0.1, 0.15) is 6.04 Å². The minimum absolute atomic E-state index is 0.252. The smallest absolute Gasteiger partial charge is 0.329 e. The van der Waals surface area contributed by atoms with Gasteiger partial charge in [-0.3, -0.25) is 19.3 Å². The molecule has 0 saturated carbocycles. The van der Waals surface area contributed by atoms with Gasteiger partial charge in [-0.2, -0.15) is 0 Å². The molecular formula is C25H19NO5. The van der Waals surface area contributed by atoms with Crippen molar-refractivity contribution >= 4 is 23.6 Å². The number of imide groups is 1. The molecule has 6 nitrogen and oxygen atoms in total. The number of amides is 2. The molecule has 3 aromatic rings. The maximum atomic E-state index is 12.5. The Morgan fingerprint density at radius 1 is 0.774 bits per heavy atom. The zero-order valence-electron chi connectivity index (χ0n) is 16.8. The van der Waals surface area contributed by atoms with Gasteiger partial charge < -0.3 is 4.74 Å². The molecule has 31 heavy (non-hydrogen) atoms. The lowest BCUT2D eigenvalue weighted by Gasteiger charge is -2.20. The molecule has 1 heterocycles. The fourth-order valence-corrected chi connectivity index (χ4v) is 3.48. The van der Waals surface area contributed by atoms with E-state index in [-0.39, 0.29) is 16.9 Å². The lowest BCUT2D eigenvalue weighted by molar-refractivity contribution is -0.146. The van der Waals surface area contributed by atoms with Gasteiger partial charge in [-0.15, -0.1) is 0 Å². The van der Waals surface area contributed by atoms with E-state index in [4.69, 9.17) is 4.74 Å². The molecule has 1 atom stereocenters. The Kier molecular flexibility index (Phi) is 5.45. The Bertz CT molecular complexity index is 1130. The van der Waals surface area contributed by atoms with Crippen LogP contribution < -0.4 is 0 Å². The fourth-order valence-electron chi connectivity index (χ4n) is 3.48. The Labute approximate surface area is 179 Å². The van der Waals surface area contributed by atoms with E-state index in [1.165, 1.54) is 19.1 Å². The van der Waals surface area contributed by atoms with Crippen LogP contribution in [0.25, 0.3) is 11.1 Å². The van der Waals surface area contributed by atoms with Crippen molar-refractivity contribution in [2.24, 2.45) is 0 Å². The van der Waals surface area contributed by atoms with E-state index >= 15 is 0 Å². The highest BCUT2D eigenvalue weighted by Gasteiger charge is 2.41. The Hall–Kier alpha value is -4.06. The summed E-state index contributed by atoms with van der Waals surface area (Å²) in [5, 5.41) is 0. The number of benzene rings is 3. The van der Waals surface area contributed by atoms with E-state index in [0.717, 1.165) is 16.0 Å². The normalized spacial score (nSPS) is 13.6. The first-order valence-corrected chi connectivity index (χ1v) is 9.79. The molecule has 4 rings (SSSR count). The van der Waals surface area contributed by atoms with E-state index in [1.807, 2.05) is 42.5 Å². The number of ether oxygens (including phenoxy) is 1. The lowest BCUT2D eigenvalue weighted by Crippen LogP contribution is -2.44. The molecule has 0 saturated heterocycles. The van der Waals surface area contributed by atoms with E-state index < -0.39 is 30.4 Å². The highest BCUT2D eigenvalue weighted by Crippen LogP contribution is 2.25. The van der Waals surface area contributed by atoms with Crippen molar-refractivity contribution < 1.29 is 23.9 Å². The van der Waals surface area contributed by atoms with Gasteiger partial charge in [0.25, 0.3) is 11.8 Å². The molecule has 154 valence electrons. The molecule has 0 spiro atoms. The molecule has 0 fully saturated rings. The summed E-state index contributed by atoms with van der Waals surface area (Å²) in [6.45, 7) is 0.931. The van der Waals surface area contributed by atoms with E-state index in [9.17, 15) is 19.2 Å². The highest BCUT2D eigenvalue weighted by atomic mass is 16.5. The van der Waals surface area contributed by atoms with Crippen molar-refractivity contribution in [2.75, 3.05) is 6.61 Å². The predicted octanol–water partition coefficient (Wildman–Crippen LogP) is 3.76. The van der Waals surface area contributed by atoms with Crippen LogP contribution in [0.4, 0.5) is 0 Å². The predicted molar refractivity (Wildman–Crippen MR) is 114 cm³/mol. The molecule has 1 unspecified atom stereocenters. The van der Waals surface area contributed by atoms with Crippen molar-refractivity contribution in [3.8, 4) is 11.1 Å². The molecule has 6 heteroatoms. The number of carbonyl (C=O) groups is 4. The lowest BCUT2D eigenvalue weighted by atomic mass is 10.0. The van der Waals surface area contributed by atoms with Gasteiger partial charge in [-0.25, -0.2) is 4.79 Å². The number of Topliss-reactive ketones (excluding diaryl/α,β-unsaturated/α-hetero) is 1. The van der Waals surface area contributed by atoms with Crippen LogP contribution in [0.1, 0.15) is 38.0 Å². The topological polar surface area (TPSA) is 80.8 Å². The number of hydrogen-bond acceptors (Lipinski definition) is 5. The molecule has 0 bridgehead atoms. The molecule has 0 radical (unpaired) electrons. The third-order valence-electron chi connectivity index (χ3n) is 5.21. The molecule has 0 N–H and O–H groups in total. The first-order chi connectivity index (χ1) is 15.0. The Morgan fingerprint density at radius 3 is 1.87 bits per heavy atom. The first kappa shape index (κ1) is 20.2. The monoisotopic (exact) mass is 413 g/mol. The molecule has 1 aliphatic rings. The summed E-state index contributed by atoms with van der Waals surface area (Å²) in [4.78, 5) is 50.7. The molecule has 3 aromatic carbocycles. The minimum atomic E-state index is -1.14. The van der Waals surface area contributed by atoms with Gasteiger partial charge in [0.05, 0.1) is 11.1 Å². The molecule has 1 aliphatic heterocycles. The number of fused-ring (bicyclic) bond motifs is 1. The number of hydrogen-bond donors (Lipinski definition) is 0. The van der Waals surface area contributed by atoms with E-state index in [0.29, 0.717) is 5.56 Å². The maximum Gasteiger partial charge on any atom is 0.329 e. The van der Waals surface area contributed by atoms with E-state index in [1.54, 1.807) is 24.3 Å². The van der Waals surface area contributed by atoms with Crippen molar-refractivity contribution in [3.05, 3.63) is 95.6 Å². The number of carbonyl (C=O) groups excluding carboxylic acids is 4. The van der Waals surface area contributed by atoms with Crippen LogP contribution >= 0.6 is 0 Å². The summed E-state index contributed by atoms with van der Waals surface area (Å²) < 4.78 is 5.11. The van der Waals surface area contributed by atoms with Gasteiger partial charge in [-0.05, 0) is 30.2 Å². The number of esters is 1. The summed E-state index contributed by atoms with van der Waals surface area (Å²) >= 11 is 0. The highest BCUT2D eigenvalue weighted by molar-refractivity contribution is 6.22. The van der Waals surface area contributed by atoms with Gasteiger partial charge in [0, 0.05) is 5.56 Å². The molecular weight excluding hydrogens is 394 g/mol. The van der Waals surface area contributed by atoms with Crippen molar-refractivity contribution in [2.45, 2.75) is 13.0 Å². The minimum Gasteiger partial charge on any atom is -0.456 e. The largest absolute Gasteiger partial charge is 0.456 e. The molecule has 2 amide bonds.